The fraction of sp³-hybridized carbons (Fsp3) is 0.444. The van der Waals surface area contributed by atoms with Crippen LogP contribution >= 0.6 is 0 Å². The van der Waals surface area contributed by atoms with Crippen molar-refractivity contribution in [2.24, 2.45) is 0 Å². The molecule has 0 atom stereocenters. The summed E-state index contributed by atoms with van der Waals surface area (Å²) < 4.78 is 36.3. The second kappa shape index (κ2) is 4.30. The van der Waals surface area contributed by atoms with Crippen molar-refractivity contribution in [2.45, 2.75) is 19.5 Å². The van der Waals surface area contributed by atoms with Crippen molar-refractivity contribution in [1.29, 1.82) is 0 Å². The van der Waals surface area contributed by atoms with Gasteiger partial charge in [-0.2, -0.15) is 13.2 Å². The molecular formula is C9H11F3N2. The average molecular weight is 204 g/mol. The number of alkyl halides is 3. The molecule has 1 aromatic rings. The first-order valence-electron chi connectivity index (χ1n) is 4.31. The van der Waals surface area contributed by atoms with Gasteiger partial charge in [-0.3, -0.25) is 0 Å². The molecule has 14 heavy (non-hydrogen) atoms. The summed E-state index contributed by atoms with van der Waals surface area (Å²) in [6, 6.07) is 2.35. The Morgan fingerprint density at radius 3 is 2.50 bits per heavy atom. The number of rotatable bonds is 3. The zero-order chi connectivity index (χ0) is 10.6. The minimum atomic E-state index is -4.31. The van der Waals surface area contributed by atoms with Crippen LogP contribution in [0.5, 0.6) is 0 Å². The van der Waals surface area contributed by atoms with Gasteiger partial charge in [0.2, 0.25) is 0 Å². The first kappa shape index (κ1) is 10.8. The molecule has 5 heteroatoms. The van der Waals surface area contributed by atoms with E-state index in [1.54, 1.807) is 0 Å². The van der Waals surface area contributed by atoms with Crippen LogP contribution in [0.25, 0.3) is 0 Å². The second-order valence-corrected chi connectivity index (χ2v) is 2.86. The molecule has 1 aromatic heterocycles. The average Bonchev–Trinajstić information content (AvgIpc) is 2.14. The van der Waals surface area contributed by atoms with Gasteiger partial charge in [0.1, 0.15) is 5.82 Å². The van der Waals surface area contributed by atoms with E-state index in [-0.39, 0.29) is 0 Å². The number of hydrogen-bond acceptors (Lipinski definition) is 2. The fourth-order valence-corrected chi connectivity index (χ4v) is 0.919. The molecule has 2 nitrogen and oxygen atoms in total. The molecule has 0 aliphatic rings. The monoisotopic (exact) mass is 204 g/mol. The van der Waals surface area contributed by atoms with Gasteiger partial charge >= 0.3 is 6.18 Å². The van der Waals surface area contributed by atoms with E-state index in [9.17, 15) is 13.2 Å². The maximum atomic E-state index is 12.1. The maximum Gasteiger partial charge on any atom is 0.417 e. The van der Waals surface area contributed by atoms with Crippen LogP contribution in [0.4, 0.5) is 19.0 Å². The standard InChI is InChI=1S/C9H11F3N2/c1-2-5-13-8-4-3-7(6-14-8)9(10,11)12/h3-4,6H,2,5H2,1H3,(H,13,14). The van der Waals surface area contributed by atoms with Crippen molar-refractivity contribution in [2.75, 3.05) is 11.9 Å². The third kappa shape index (κ3) is 2.90. The Morgan fingerprint density at radius 1 is 1.36 bits per heavy atom. The van der Waals surface area contributed by atoms with Gasteiger partial charge in [-0.1, -0.05) is 6.92 Å². The lowest BCUT2D eigenvalue weighted by atomic mass is 10.3. The lowest BCUT2D eigenvalue weighted by Crippen LogP contribution is -2.07. The zero-order valence-corrected chi connectivity index (χ0v) is 7.73. The summed E-state index contributed by atoms with van der Waals surface area (Å²) in [6.07, 6.45) is -2.57. The van der Waals surface area contributed by atoms with E-state index in [1.165, 1.54) is 6.07 Å². The van der Waals surface area contributed by atoms with E-state index in [4.69, 9.17) is 0 Å². The molecule has 1 rings (SSSR count). The highest BCUT2D eigenvalue weighted by Gasteiger charge is 2.30. The Morgan fingerprint density at radius 2 is 2.07 bits per heavy atom. The number of hydrogen-bond donors (Lipinski definition) is 1. The number of aromatic nitrogens is 1. The van der Waals surface area contributed by atoms with Gasteiger partial charge < -0.3 is 5.32 Å². The second-order valence-electron chi connectivity index (χ2n) is 2.86. The van der Waals surface area contributed by atoms with Crippen molar-refractivity contribution >= 4 is 5.82 Å². The highest BCUT2D eigenvalue weighted by molar-refractivity contribution is 5.35. The molecule has 0 unspecified atom stereocenters. The molecule has 0 fully saturated rings. The Balaban J connectivity index is 2.69. The summed E-state index contributed by atoms with van der Waals surface area (Å²) in [5, 5.41) is 2.89. The third-order valence-electron chi connectivity index (χ3n) is 1.65. The SMILES string of the molecule is CCCNc1ccc(C(F)(F)F)cn1. The molecule has 0 saturated carbocycles. The van der Waals surface area contributed by atoms with Crippen LogP contribution in [0.15, 0.2) is 18.3 Å². The van der Waals surface area contributed by atoms with E-state index in [1.807, 2.05) is 6.92 Å². The van der Waals surface area contributed by atoms with Crippen molar-refractivity contribution in [3.63, 3.8) is 0 Å². The van der Waals surface area contributed by atoms with Crippen LogP contribution in [-0.4, -0.2) is 11.5 Å². The van der Waals surface area contributed by atoms with Gasteiger partial charge in [-0.05, 0) is 18.6 Å². The number of anilines is 1. The molecule has 0 bridgehead atoms. The molecule has 0 spiro atoms. The molecule has 0 aromatic carbocycles. The highest BCUT2D eigenvalue weighted by Crippen LogP contribution is 2.28. The molecule has 0 saturated heterocycles. The predicted octanol–water partition coefficient (Wildman–Crippen LogP) is 2.92. The van der Waals surface area contributed by atoms with Gasteiger partial charge in [0, 0.05) is 12.7 Å². The largest absolute Gasteiger partial charge is 0.417 e. The minimum Gasteiger partial charge on any atom is -0.370 e. The first-order valence-corrected chi connectivity index (χ1v) is 4.31. The number of halogens is 3. The number of pyridine rings is 1. The van der Waals surface area contributed by atoms with Crippen LogP contribution in [-0.2, 0) is 6.18 Å². The summed E-state index contributed by atoms with van der Waals surface area (Å²) in [4.78, 5) is 3.65. The summed E-state index contributed by atoms with van der Waals surface area (Å²) in [7, 11) is 0. The molecule has 0 aliphatic carbocycles. The molecule has 0 aliphatic heterocycles. The van der Waals surface area contributed by atoms with Crippen molar-refractivity contribution in [3.8, 4) is 0 Å². The van der Waals surface area contributed by atoms with Crippen LogP contribution in [0, 0.1) is 0 Å². The van der Waals surface area contributed by atoms with Crippen LogP contribution in [0.2, 0.25) is 0 Å². The minimum absolute atomic E-state index is 0.472. The fourth-order valence-electron chi connectivity index (χ4n) is 0.919. The van der Waals surface area contributed by atoms with Gasteiger partial charge in [0.25, 0.3) is 0 Å². The molecule has 0 radical (unpaired) electrons. The Labute approximate surface area is 80.2 Å². The van der Waals surface area contributed by atoms with E-state index in [0.29, 0.717) is 12.4 Å². The third-order valence-corrected chi connectivity index (χ3v) is 1.65. The van der Waals surface area contributed by atoms with Gasteiger partial charge in [0.15, 0.2) is 0 Å². The van der Waals surface area contributed by atoms with Crippen molar-refractivity contribution < 1.29 is 13.2 Å². The summed E-state index contributed by atoms with van der Waals surface area (Å²) in [5.41, 5.74) is -0.723. The molecule has 1 heterocycles. The van der Waals surface area contributed by atoms with E-state index in [2.05, 4.69) is 10.3 Å². The summed E-state index contributed by atoms with van der Waals surface area (Å²) >= 11 is 0. The van der Waals surface area contributed by atoms with Crippen LogP contribution < -0.4 is 5.32 Å². The Hall–Kier alpha value is -1.26. The van der Waals surface area contributed by atoms with E-state index < -0.39 is 11.7 Å². The lowest BCUT2D eigenvalue weighted by Gasteiger charge is -2.07. The van der Waals surface area contributed by atoms with Crippen LogP contribution in [0.3, 0.4) is 0 Å². The molecule has 78 valence electrons. The van der Waals surface area contributed by atoms with Gasteiger partial charge in [-0.25, -0.2) is 4.98 Å². The zero-order valence-electron chi connectivity index (χ0n) is 7.73. The summed E-state index contributed by atoms with van der Waals surface area (Å²) in [5.74, 6) is 0.472. The highest BCUT2D eigenvalue weighted by atomic mass is 19.4. The van der Waals surface area contributed by atoms with E-state index in [0.717, 1.165) is 18.7 Å². The Kier molecular flexibility index (Phi) is 3.33. The quantitative estimate of drug-likeness (QED) is 0.818. The molecular weight excluding hydrogens is 193 g/mol. The maximum absolute atomic E-state index is 12.1. The van der Waals surface area contributed by atoms with Crippen molar-refractivity contribution in [3.05, 3.63) is 23.9 Å². The van der Waals surface area contributed by atoms with Crippen LogP contribution in [0.1, 0.15) is 18.9 Å². The van der Waals surface area contributed by atoms with Gasteiger partial charge in [-0.15, -0.1) is 0 Å². The normalized spacial score (nSPS) is 11.4. The molecule has 1 N–H and O–H groups in total. The Bertz CT molecular complexity index is 279. The number of nitrogens with one attached hydrogen (secondary N) is 1. The first-order chi connectivity index (χ1) is 6.54. The van der Waals surface area contributed by atoms with Crippen molar-refractivity contribution in [1.82, 2.24) is 4.98 Å². The summed E-state index contributed by atoms with van der Waals surface area (Å²) in [6.45, 7) is 2.68. The number of nitrogens with zero attached hydrogens (tertiary/aromatic N) is 1. The lowest BCUT2D eigenvalue weighted by molar-refractivity contribution is -0.137. The molecule has 0 amide bonds. The smallest absolute Gasteiger partial charge is 0.370 e. The predicted molar refractivity (Wildman–Crippen MR) is 48.0 cm³/mol. The van der Waals surface area contributed by atoms with Gasteiger partial charge in [0.05, 0.1) is 5.56 Å². The van der Waals surface area contributed by atoms with E-state index >= 15 is 0 Å². The topological polar surface area (TPSA) is 24.9 Å².